The van der Waals surface area contributed by atoms with Gasteiger partial charge in [-0.05, 0) is 48.2 Å². The fraction of sp³-hybridized carbons (Fsp3) is 0.320. The van der Waals surface area contributed by atoms with E-state index in [0.29, 0.717) is 19.5 Å². The van der Waals surface area contributed by atoms with Crippen molar-refractivity contribution >= 4 is 5.91 Å². The van der Waals surface area contributed by atoms with Gasteiger partial charge < -0.3 is 14.1 Å². The Hall–Kier alpha value is -3.01. The SMILES string of the molecule is CCC(=O)N(CCC(Cc1ccccc1)c1ccco1)Cc1ccc(OC)cc1. The van der Waals surface area contributed by atoms with Gasteiger partial charge in [0.2, 0.25) is 5.91 Å². The maximum atomic E-state index is 12.6. The van der Waals surface area contributed by atoms with E-state index >= 15 is 0 Å². The molecule has 29 heavy (non-hydrogen) atoms. The molecule has 2 aromatic carbocycles. The van der Waals surface area contributed by atoms with Crippen LogP contribution in [0.2, 0.25) is 0 Å². The van der Waals surface area contributed by atoms with Crippen LogP contribution in [0.5, 0.6) is 5.75 Å². The summed E-state index contributed by atoms with van der Waals surface area (Å²) in [5, 5.41) is 0. The maximum Gasteiger partial charge on any atom is 0.222 e. The minimum absolute atomic E-state index is 0.165. The highest BCUT2D eigenvalue weighted by Gasteiger charge is 2.19. The Balaban J connectivity index is 1.70. The van der Waals surface area contributed by atoms with Crippen molar-refractivity contribution in [2.75, 3.05) is 13.7 Å². The molecule has 4 nitrogen and oxygen atoms in total. The summed E-state index contributed by atoms with van der Waals surface area (Å²) in [5.74, 6) is 2.19. The molecule has 1 aromatic heterocycles. The van der Waals surface area contributed by atoms with Gasteiger partial charge in [-0.3, -0.25) is 4.79 Å². The average molecular weight is 392 g/mol. The number of amides is 1. The van der Waals surface area contributed by atoms with Gasteiger partial charge >= 0.3 is 0 Å². The molecular weight excluding hydrogens is 362 g/mol. The topological polar surface area (TPSA) is 42.7 Å². The molecule has 0 fully saturated rings. The van der Waals surface area contributed by atoms with E-state index in [1.54, 1.807) is 13.4 Å². The molecule has 1 heterocycles. The first-order chi connectivity index (χ1) is 14.2. The van der Waals surface area contributed by atoms with Gasteiger partial charge in [-0.1, -0.05) is 49.4 Å². The highest BCUT2D eigenvalue weighted by Crippen LogP contribution is 2.26. The van der Waals surface area contributed by atoms with Crippen LogP contribution in [0.15, 0.2) is 77.4 Å². The highest BCUT2D eigenvalue weighted by atomic mass is 16.5. The molecule has 0 N–H and O–H groups in total. The Morgan fingerprint density at radius 2 is 1.76 bits per heavy atom. The first kappa shape index (κ1) is 20.7. The molecule has 3 rings (SSSR count). The van der Waals surface area contributed by atoms with Gasteiger partial charge in [0.1, 0.15) is 11.5 Å². The first-order valence-corrected chi connectivity index (χ1v) is 10.2. The molecule has 0 saturated carbocycles. The number of benzene rings is 2. The van der Waals surface area contributed by atoms with Gasteiger partial charge in [-0.25, -0.2) is 0 Å². The number of methoxy groups -OCH3 is 1. The minimum Gasteiger partial charge on any atom is -0.497 e. The van der Waals surface area contributed by atoms with Crippen molar-refractivity contribution in [3.8, 4) is 5.75 Å². The van der Waals surface area contributed by atoms with Crippen LogP contribution in [0.1, 0.15) is 42.6 Å². The molecule has 4 heteroatoms. The molecule has 152 valence electrons. The van der Waals surface area contributed by atoms with E-state index in [1.807, 2.05) is 54.3 Å². The van der Waals surface area contributed by atoms with Crippen LogP contribution in [-0.2, 0) is 17.8 Å². The van der Waals surface area contributed by atoms with Crippen molar-refractivity contribution in [3.63, 3.8) is 0 Å². The van der Waals surface area contributed by atoms with Gasteiger partial charge in [0, 0.05) is 25.4 Å². The van der Waals surface area contributed by atoms with Crippen molar-refractivity contribution in [2.24, 2.45) is 0 Å². The zero-order chi connectivity index (χ0) is 20.5. The number of rotatable bonds is 10. The second-order valence-corrected chi connectivity index (χ2v) is 7.21. The van der Waals surface area contributed by atoms with Crippen LogP contribution >= 0.6 is 0 Å². The van der Waals surface area contributed by atoms with Crippen LogP contribution in [0, 0.1) is 0 Å². The van der Waals surface area contributed by atoms with E-state index in [1.165, 1.54) is 5.56 Å². The van der Waals surface area contributed by atoms with Gasteiger partial charge in [-0.15, -0.1) is 0 Å². The van der Waals surface area contributed by atoms with Gasteiger partial charge in [0.25, 0.3) is 0 Å². The molecule has 1 amide bonds. The Kier molecular flexibility index (Phi) is 7.51. The molecule has 0 radical (unpaired) electrons. The molecule has 0 spiro atoms. The lowest BCUT2D eigenvalue weighted by atomic mass is 9.93. The summed E-state index contributed by atoms with van der Waals surface area (Å²) in [7, 11) is 1.66. The Bertz CT molecular complexity index is 857. The van der Waals surface area contributed by atoms with Gasteiger partial charge in [0.05, 0.1) is 13.4 Å². The lowest BCUT2D eigenvalue weighted by molar-refractivity contribution is -0.131. The monoisotopic (exact) mass is 391 g/mol. The van der Waals surface area contributed by atoms with Crippen molar-refractivity contribution in [3.05, 3.63) is 89.9 Å². The maximum absolute atomic E-state index is 12.6. The minimum atomic E-state index is 0.165. The van der Waals surface area contributed by atoms with Crippen molar-refractivity contribution in [1.82, 2.24) is 4.90 Å². The average Bonchev–Trinajstić information content (AvgIpc) is 3.31. The molecule has 1 atom stereocenters. The molecule has 1 unspecified atom stereocenters. The number of furan rings is 1. The van der Waals surface area contributed by atoms with E-state index < -0.39 is 0 Å². The van der Waals surface area contributed by atoms with E-state index in [0.717, 1.165) is 29.9 Å². The van der Waals surface area contributed by atoms with E-state index in [9.17, 15) is 4.79 Å². The summed E-state index contributed by atoms with van der Waals surface area (Å²) >= 11 is 0. The van der Waals surface area contributed by atoms with Crippen LogP contribution in [-0.4, -0.2) is 24.5 Å². The summed E-state index contributed by atoms with van der Waals surface area (Å²) in [4.78, 5) is 14.5. The van der Waals surface area contributed by atoms with E-state index in [4.69, 9.17) is 9.15 Å². The third-order valence-electron chi connectivity index (χ3n) is 5.21. The zero-order valence-electron chi connectivity index (χ0n) is 17.2. The van der Waals surface area contributed by atoms with Crippen molar-refractivity contribution < 1.29 is 13.9 Å². The van der Waals surface area contributed by atoms with Crippen molar-refractivity contribution in [1.29, 1.82) is 0 Å². The first-order valence-electron chi connectivity index (χ1n) is 10.2. The fourth-order valence-corrected chi connectivity index (χ4v) is 3.55. The number of nitrogens with zero attached hydrogens (tertiary/aromatic N) is 1. The molecule has 0 aliphatic heterocycles. The molecule has 0 saturated heterocycles. The van der Waals surface area contributed by atoms with E-state index in [-0.39, 0.29) is 11.8 Å². The standard InChI is InChI=1S/C25H29NO3/c1-3-25(27)26(19-21-11-13-23(28-2)14-12-21)16-15-22(24-10-7-17-29-24)18-20-8-5-4-6-9-20/h4-14,17,22H,3,15-16,18-19H2,1-2H3. The molecule has 0 aliphatic carbocycles. The summed E-state index contributed by atoms with van der Waals surface area (Å²) in [5.41, 5.74) is 2.38. The van der Waals surface area contributed by atoms with Crippen LogP contribution in [0.4, 0.5) is 0 Å². The lowest BCUT2D eigenvalue weighted by Gasteiger charge is -2.25. The fourth-order valence-electron chi connectivity index (χ4n) is 3.55. The third kappa shape index (κ3) is 5.98. The van der Waals surface area contributed by atoms with Crippen LogP contribution in [0.25, 0.3) is 0 Å². The lowest BCUT2D eigenvalue weighted by Crippen LogP contribution is -2.31. The second-order valence-electron chi connectivity index (χ2n) is 7.21. The molecule has 0 bridgehead atoms. The highest BCUT2D eigenvalue weighted by molar-refractivity contribution is 5.75. The molecule has 0 aliphatic rings. The number of carbonyl (C=O) groups excluding carboxylic acids is 1. The summed E-state index contributed by atoms with van der Waals surface area (Å²) in [6, 6.07) is 22.3. The number of hydrogen-bond acceptors (Lipinski definition) is 3. The predicted octanol–water partition coefficient (Wildman–Crippen LogP) is 5.44. The van der Waals surface area contributed by atoms with Crippen molar-refractivity contribution in [2.45, 2.75) is 38.6 Å². The zero-order valence-corrected chi connectivity index (χ0v) is 17.2. The Morgan fingerprint density at radius 1 is 1.00 bits per heavy atom. The number of ether oxygens (including phenoxy) is 1. The quantitative estimate of drug-likeness (QED) is 0.462. The Morgan fingerprint density at radius 3 is 2.38 bits per heavy atom. The van der Waals surface area contributed by atoms with Crippen LogP contribution < -0.4 is 4.74 Å². The number of carbonyl (C=O) groups is 1. The normalized spacial score (nSPS) is 11.8. The van der Waals surface area contributed by atoms with Gasteiger partial charge in [-0.2, -0.15) is 0 Å². The summed E-state index contributed by atoms with van der Waals surface area (Å²) in [6.07, 6.45) is 3.97. The number of hydrogen-bond donors (Lipinski definition) is 0. The molecule has 3 aromatic rings. The summed E-state index contributed by atoms with van der Waals surface area (Å²) in [6.45, 7) is 3.21. The second kappa shape index (κ2) is 10.5. The molecular formula is C25H29NO3. The third-order valence-corrected chi connectivity index (χ3v) is 5.21. The Labute approximate surface area is 173 Å². The van der Waals surface area contributed by atoms with Gasteiger partial charge in [0.15, 0.2) is 0 Å². The van der Waals surface area contributed by atoms with E-state index in [2.05, 4.69) is 24.3 Å². The largest absolute Gasteiger partial charge is 0.497 e. The van der Waals surface area contributed by atoms with Crippen LogP contribution in [0.3, 0.4) is 0 Å². The summed E-state index contributed by atoms with van der Waals surface area (Å²) < 4.78 is 10.9. The predicted molar refractivity (Wildman–Crippen MR) is 115 cm³/mol. The smallest absolute Gasteiger partial charge is 0.222 e.